The minimum Gasteiger partial charge on any atom is -0.465 e. The molecule has 0 aliphatic heterocycles. The molecule has 1 atom stereocenters. The lowest BCUT2D eigenvalue weighted by Gasteiger charge is -2.26. The van der Waals surface area contributed by atoms with Crippen LogP contribution in [0.25, 0.3) is 0 Å². The Balaban J connectivity index is 2.46. The number of carbonyl (C=O) groups excluding carboxylic acids is 1. The summed E-state index contributed by atoms with van der Waals surface area (Å²) in [6.45, 7) is 4.86. The van der Waals surface area contributed by atoms with Crippen LogP contribution in [0.1, 0.15) is 26.7 Å². The van der Waals surface area contributed by atoms with Gasteiger partial charge in [-0.05, 0) is 49.7 Å². The number of nitrogens with one attached hydrogen (secondary N) is 1. The molecule has 1 N–H and O–H groups in total. The Morgan fingerprint density at radius 2 is 2.39 bits per heavy atom. The summed E-state index contributed by atoms with van der Waals surface area (Å²) >= 11 is 3.35. The van der Waals surface area contributed by atoms with Crippen LogP contribution in [0.3, 0.4) is 0 Å². The van der Waals surface area contributed by atoms with Crippen molar-refractivity contribution >= 4 is 21.9 Å². The van der Waals surface area contributed by atoms with E-state index in [4.69, 9.17) is 4.74 Å². The fourth-order valence-electron chi connectivity index (χ4n) is 1.67. The summed E-state index contributed by atoms with van der Waals surface area (Å²) in [4.78, 5) is 11.8. The van der Waals surface area contributed by atoms with Crippen LogP contribution in [0.4, 0.5) is 0 Å². The second-order valence-corrected chi connectivity index (χ2v) is 5.24. The molecule has 0 radical (unpaired) electrons. The molecule has 0 bridgehead atoms. The van der Waals surface area contributed by atoms with Crippen molar-refractivity contribution in [1.29, 1.82) is 0 Å². The van der Waals surface area contributed by atoms with Gasteiger partial charge < -0.3 is 10.1 Å². The summed E-state index contributed by atoms with van der Waals surface area (Å²) in [5.41, 5.74) is -0.625. The summed E-state index contributed by atoms with van der Waals surface area (Å²) in [5, 5.41) is 7.22. The van der Waals surface area contributed by atoms with E-state index in [1.807, 2.05) is 24.7 Å². The predicted octanol–water partition coefficient (Wildman–Crippen LogP) is 1.97. The number of ether oxygens (including phenoxy) is 1. The highest BCUT2D eigenvalue weighted by Crippen LogP contribution is 2.15. The fourth-order valence-corrected chi connectivity index (χ4v) is 2.00. The lowest BCUT2D eigenvalue weighted by molar-refractivity contribution is -0.150. The van der Waals surface area contributed by atoms with Gasteiger partial charge in [-0.1, -0.05) is 0 Å². The van der Waals surface area contributed by atoms with E-state index < -0.39 is 5.54 Å². The van der Waals surface area contributed by atoms with Crippen molar-refractivity contribution in [3.05, 3.63) is 16.9 Å². The number of hydrogen-bond acceptors (Lipinski definition) is 4. The van der Waals surface area contributed by atoms with Gasteiger partial charge in [0.25, 0.3) is 0 Å². The van der Waals surface area contributed by atoms with Crippen LogP contribution in [0, 0.1) is 0 Å². The molecule has 0 saturated heterocycles. The zero-order chi connectivity index (χ0) is 13.6. The summed E-state index contributed by atoms with van der Waals surface area (Å²) < 4.78 is 7.89. The maximum Gasteiger partial charge on any atom is 0.326 e. The predicted molar refractivity (Wildman–Crippen MR) is 73.3 cm³/mol. The summed E-state index contributed by atoms with van der Waals surface area (Å²) in [6.07, 6.45) is 5.23. The topological polar surface area (TPSA) is 56.2 Å². The lowest BCUT2D eigenvalue weighted by atomic mass is 9.96. The van der Waals surface area contributed by atoms with Crippen LogP contribution in [0.5, 0.6) is 0 Å². The molecule has 0 saturated carbocycles. The highest BCUT2D eigenvalue weighted by atomic mass is 79.9. The number of halogens is 1. The van der Waals surface area contributed by atoms with E-state index in [9.17, 15) is 4.79 Å². The molecule has 6 heteroatoms. The second kappa shape index (κ2) is 6.89. The van der Waals surface area contributed by atoms with Crippen molar-refractivity contribution < 1.29 is 9.53 Å². The third-order valence-corrected chi connectivity index (χ3v) is 3.35. The largest absolute Gasteiger partial charge is 0.465 e. The number of carbonyl (C=O) groups is 1. The van der Waals surface area contributed by atoms with E-state index in [1.54, 1.807) is 13.2 Å². The summed E-state index contributed by atoms with van der Waals surface area (Å²) in [7, 11) is 1.78. The third-order valence-electron chi connectivity index (χ3n) is 2.94. The first kappa shape index (κ1) is 15.2. The van der Waals surface area contributed by atoms with Crippen LogP contribution in [0.15, 0.2) is 16.9 Å². The Labute approximate surface area is 116 Å². The van der Waals surface area contributed by atoms with E-state index in [-0.39, 0.29) is 5.97 Å². The van der Waals surface area contributed by atoms with E-state index >= 15 is 0 Å². The zero-order valence-electron chi connectivity index (χ0n) is 11.1. The molecular weight excluding hydrogens is 298 g/mol. The van der Waals surface area contributed by atoms with Gasteiger partial charge >= 0.3 is 5.97 Å². The molecular formula is C12H20BrN3O2. The van der Waals surface area contributed by atoms with Gasteiger partial charge in [-0.25, -0.2) is 0 Å². The van der Waals surface area contributed by atoms with Gasteiger partial charge in [0.05, 0.1) is 17.3 Å². The van der Waals surface area contributed by atoms with Gasteiger partial charge in [-0.3, -0.25) is 9.48 Å². The Hall–Kier alpha value is -0.880. The van der Waals surface area contributed by atoms with E-state index in [0.29, 0.717) is 13.0 Å². The highest BCUT2D eigenvalue weighted by molar-refractivity contribution is 9.10. The maximum absolute atomic E-state index is 11.8. The molecule has 5 nitrogen and oxygen atoms in total. The molecule has 1 aromatic rings. The van der Waals surface area contributed by atoms with Gasteiger partial charge in [-0.2, -0.15) is 5.10 Å². The molecule has 1 aromatic heterocycles. The maximum atomic E-state index is 11.8. The number of aryl methyl sites for hydroxylation is 1. The van der Waals surface area contributed by atoms with Gasteiger partial charge in [-0.15, -0.1) is 0 Å². The Bertz CT molecular complexity index is 394. The van der Waals surface area contributed by atoms with Crippen molar-refractivity contribution in [3.63, 3.8) is 0 Å². The van der Waals surface area contributed by atoms with E-state index in [2.05, 4.69) is 26.3 Å². The number of aromatic nitrogens is 2. The van der Waals surface area contributed by atoms with Gasteiger partial charge in [0.1, 0.15) is 5.54 Å². The van der Waals surface area contributed by atoms with Crippen LogP contribution in [-0.4, -0.2) is 34.9 Å². The van der Waals surface area contributed by atoms with Crippen LogP contribution in [0.2, 0.25) is 0 Å². The fraction of sp³-hybridized carbons (Fsp3) is 0.667. The van der Waals surface area contributed by atoms with E-state index in [1.165, 1.54) is 0 Å². The number of nitrogens with zero attached hydrogens (tertiary/aromatic N) is 2. The van der Waals surface area contributed by atoms with Crippen LogP contribution >= 0.6 is 15.9 Å². The first-order valence-electron chi connectivity index (χ1n) is 6.06. The average molecular weight is 318 g/mol. The van der Waals surface area contributed by atoms with E-state index in [0.717, 1.165) is 17.4 Å². The minimum atomic E-state index is -0.625. The number of rotatable bonds is 7. The number of hydrogen-bond donors (Lipinski definition) is 1. The van der Waals surface area contributed by atoms with Gasteiger partial charge in [0.15, 0.2) is 0 Å². The van der Waals surface area contributed by atoms with Crippen molar-refractivity contribution in [2.75, 3.05) is 13.7 Å². The number of likely N-dealkylation sites (N-methyl/N-ethyl adjacent to an activating group) is 1. The van der Waals surface area contributed by atoms with Crippen LogP contribution < -0.4 is 5.32 Å². The minimum absolute atomic E-state index is 0.200. The highest BCUT2D eigenvalue weighted by Gasteiger charge is 2.32. The van der Waals surface area contributed by atoms with Crippen LogP contribution in [-0.2, 0) is 16.1 Å². The quantitative estimate of drug-likeness (QED) is 0.781. The molecule has 0 fully saturated rings. The lowest BCUT2D eigenvalue weighted by Crippen LogP contribution is -2.48. The molecule has 0 amide bonds. The van der Waals surface area contributed by atoms with Crippen molar-refractivity contribution in [3.8, 4) is 0 Å². The molecule has 0 aliphatic carbocycles. The third kappa shape index (κ3) is 4.10. The molecule has 1 heterocycles. The zero-order valence-corrected chi connectivity index (χ0v) is 12.7. The molecule has 0 aliphatic rings. The molecule has 1 rings (SSSR count). The standard InChI is InChI=1S/C12H20BrN3O2/c1-4-18-11(17)12(2,14-3)6-5-7-16-9-10(13)8-15-16/h8-9,14H,4-7H2,1-3H3. The van der Waals surface area contributed by atoms with Crippen molar-refractivity contribution in [2.45, 2.75) is 38.8 Å². The smallest absolute Gasteiger partial charge is 0.326 e. The van der Waals surface area contributed by atoms with Gasteiger partial charge in [0, 0.05) is 12.7 Å². The Kier molecular flexibility index (Phi) is 5.81. The SMILES string of the molecule is CCOC(=O)C(C)(CCCn1cc(Br)cn1)NC. The monoisotopic (exact) mass is 317 g/mol. The molecule has 18 heavy (non-hydrogen) atoms. The van der Waals surface area contributed by atoms with Crippen molar-refractivity contribution in [2.24, 2.45) is 0 Å². The molecule has 1 unspecified atom stereocenters. The normalized spacial score (nSPS) is 14.2. The first-order valence-corrected chi connectivity index (χ1v) is 6.85. The summed E-state index contributed by atoms with van der Waals surface area (Å²) in [6, 6.07) is 0. The first-order chi connectivity index (χ1) is 8.51. The molecule has 102 valence electrons. The summed E-state index contributed by atoms with van der Waals surface area (Å²) in [5.74, 6) is -0.200. The Morgan fingerprint density at radius 1 is 1.67 bits per heavy atom. The Morgan fingerprint density at radius 3 is 2.89 bits per heavy atom. The van der Waals surface area contributed by atoms with Crippen molar-refractivity contribution in [1.82, 2.24) is 15.1 Å². The molecule has 0 aromatic carbocycles. The average Bonchev–Trinajstić information content (AvgIpc) is 2.75. The van der Waals surface area contributed by atoms with Gasteiger partial charge in [0.2, 0.25) is 0 Å². The second-order valence-electron chi connectivity index (χ2n) is 4.33. The molecule has 0 spiro atoms. The number of esters is 1.